The molecule has 304 valence electrons. The van der Waals surface area contributed by atoms with Gasteiger partial charge in [0.15, 0.2) is 0 Å². The van der Waals surface area contributed by atoms with Crippen molar-refractivity contribution in [1.82, 2.24) is 10.9 Å². The van der Waals surface area contributed by atoms with E-state index in [1.807, 2.05) is 53.1 Å². The number of carbonyl (C=O) groups excluding carboxylic acids is 2. The average Bonchev–Trinajstić information content (AvgIpc) is 3.19. The molecular formula is C39H41Br4ClN6O7. The molecule has 0 spiro atoms. The van der Waals surface area contributed by atoms with Crippen molar-refractivity contribution >= 4 is 111 Å². The number of phenols is 4. The molecule has 2 amide bonds. The molecule has 57 heavy (non-hydrogen) atoms. The third-order valence-electron chi connectivity index (χ3n) is 8.37. The summed E-state index contributed by atoms with van der Waals surface area (Å²) in [5.41, 5.74) is 8.40. The first kappa shape index (κ1) is 45.8. The summed E-state index contributed by atoms with van der Waals surface area (Å²) in [5, 5.41) is 49.0. The van der Waals surface area contributed by atoms with Crippen LogP contribution in [-0.2, 0) is 14.3 Å². The van der Waals surface area contributed by atoms with E-state index in [1.165, 1.54) is 24.6 Å². The van der Waals surface area contributed by atoms with Crippen LogP contribution in [0.3, 0.4) is 0 Å². The molecule has 0 bridgehead atoms. The number of aryl methyl sites for hydroxylation is 1. The van der Waals surface area contributed by atoms with Crippen molar-refractivity contribution in [2.75, 3.05) is 49.2 Å². The number of nitrogens with one attached hydrogen (secondary N) is 2. The molecule has 4 aromatic carbocycles. The van der Waals surface area contributed by atoms with Crippen LogP contribution in [0.5, 0.6) is 23.0 Å². The van der Waals surface area contributed by atoms with Crippen molar-refractivity contribution in [1.29, 1.82) is 0 Å². The van der Waals surface area contributed by atoms with E-state index in [0.29, 0.717) is 45.8 Å². The first-order valence-electron chi connectivity index (χ1n) is 17.6. The third kappa shape index (κ3) is 14.2. The second-order valence-electron chi connectivity index (χ2n) is 12.7. The highest BCUT2D eigenvalue weighted by atomic mass is 79.9. The summed E-state index contributed by atoms with van der Waals surface area (Å²) in [6.45, 7) is 4.34. The van der Waals surface area contributed by atoms with E-state index in [4.69, 9.17) is 16.3 Å². The molecule has 4 aromatic rings. The minimum Gasteiger partial charge on any atom is -0.506 e. The molecule has 4 rings (SSSR count). The normalized spacial score (nSPS) is 11.3. The fourth-order valence-corrected chi connectivity index (χ4v) is 7.75. The summed E-state index contributed by atoms with van der Waals surface area (Å²) in [6, 6.07) is 18.1. The SMILES string of the molecule is Cc1ccc(N(CCCCOCCCCN(CC(=O)N/N=C/c2cc(Br)c(O)c(Br)c2O)c2ccc(Cl)cc2)CC(=O)N/N=C/c2cc(Br)c(O)c(Br)c2O)cc1. The summed E-state index contributed by atoms with van der Waals surface area (Å²) >= 11 is 18.8. The Kier molecular flexibility index (Phi) is 18.4. The molecule has 0 aliphatic rings. The predicted molar refractivity (Wildman–Crippen MR) is 238 cm³/mol. The van der Waals surface area contributed by atoms with Crippen molar-refractivity contribution in [2.45, 2.75) is 32.6 Å². The van der Waals surface area contributed by atoms with Gasteiger partial charge in [-0.2, -0.15) is 10.2 Å². The maximum atomic E-state index is 12.9. The Balaban J connectivity index is 1.21. The Bertz CT molecular complexity index is 1910. The third-order valence-corrected chi connectivity index (χ3v) is 11.3. The number of halogens is 5. The summed E-state index contributed by atoms with van der Waals surface area (Å²) in [5.74, 6) is -1.43. The van der Waals surface area contributed by atoms with Crippen LogP contribution in [0, 0.1) is 6.92 Å². The number of amides is 2. The molecule has 0 saturated heterocycles. The molecule has 0 fully saturated rings. The molecule has 0 saturated carbocycles. The van der Waals surface area contributed by atoms with Crippen LogP contribution in [-0.4, -0.2) is 84.1 Å². The van der Waals surface area contributed by atoms with E-state index in [-0.39, 0.29) is 62.4 Å². The molecular weight excluding hydrogens is 1020 g/mol. The fraction of sp³-hybridized carbons (Fsp3) is 0.282. The van der Waals surface area contributed by atoms with Gasteiger partial charge in [-0.05, 0) is 145 Å². The topological polar surface area (TPSA) is 180 Å². The van der Waals surface area contributed by atoms with Crippen LogP contribution in [0.2, 0.25) is 5.02 Å². The monoisotopic (exact) mass is 1060 g/mol. The number of phenolic OH excluding ortho intramolecular Hbond substituents is 4. The van der Waals surface area contributed by atoms with Gasteiger partial charge in [0.1, 0.15) is 31.9 Å². The van der Waals surface area contributed by atoms with Gasteiger partial charge in [-0.3, -0.25) is 9.59 Å². The second-order valence-corrected chi connectivity index (χ2v) is 16.4. The van der Waals surface area contributed by atoms with Gasteiger partial charge in [0.2, 0.25) is 0 Å². The molecule has 0 radical (unpaired) electrons. The lowest BCUT2D eigenvalue weighted by atomic mass is 10.2. The predicted octanol–water partition coefficient (Wildman–Crippen LogP) is 8.71. The fourth-order valence-electron chi connectivity index (χ4n) is 5.32. The highest BCUT2D eigenvalue weighted by Gasteiger charge is 2.16. The smallest absolute Gasteiger partial charge is 0.259 e. The lowest BCUT2D eigenvalue weighted by molar-refractivity contribution is -0.120. The van der Waals surface area contributed by atoms with Gasteiger partial charge in [0.05, 0.1) is 34.5 Å². The van der Waals surface area contributed by atoms with E-state index in [1.54, 1.807) is 12.1 Å². The van der Waals surface area contributed by atoms with E-state index < -0.39 is 0 Å². The van der Waals surface area contributed by atoms with Crippen LogP contribution in [0.1, 0.15) is 42.4 Å². The largest absolute Gasteiger partial charge is 0.506 e. The second kappa shape index (κ2) is 22.9. The number of rotatable bonds is 20. The van der Waals surface area contributed by atoms with Crippen molar-refractivity contribution in [3.8, 4) is 23.0 Å². The van der Waals surface area contributed by atoms with Gasteiger partial charge >= 0.3 is 0 Å². The number of unbranched alkanes of at least 4 members (excludes halogenated alkanes) is 2. The lowest BCUT2D eigenvalue weighted by Gasteiger charge is -2.24. The number of aromatic hydroxyl groups is 4. The van der Waals surface area contributed by atoms with Crippen LogP contribution < -0.4 is 20.7 Å². The number of benzene rings is 4. The first-order valence-corrected chi connectivity index (χ1v) is 21.1. The summed E-state index contributed by atoms with van der Waals surface area (Å²) in [7, 11) is 0. The van der Waals surface area contributed by atoms with Crippen LogP contribution in [0.15, 0.2) is 88.8 Å². The Morgan fingerprint density at radius 3 is 1.49 bits per heavy atom. The van der Waals surface area contributed by atoms with Crippen LogP contribution >= 0.6 is 75.3 Å². The highest BCUT2D eigenvalue weighted by molar-refractivity contribution is 9.11. The number of ether oxygens (including phenoxy) is 1. The number of nitrogens with zero attached hydrogens (tertiary/aromatic N) is 4. The zero-order chi connectivity index (χ0) is 41.5. The Hall–Kier alpha value is -3.87. The molecule has 6 N–H and O–H groups in total. The molecule has 0 atom stereocenters. The molecule has 0 heterocycles. The van der Waals surface area contributed by atoms with Crippen molar-refractivity contribution < 1.29 is 34.8 Å². The quantitative estimate of drug-likeness (QED) is 0.0287. The Morgan fingerprint density at radius 2 is 1.07 bits per heavy atom. The van der Waals surface area contributed by atoms with E-state index in [2.05, 4.69) is 84.8 Å². The van der Waals surface area contributed by atoms with Gasteiger partial charge in [0.25, 0.3) is 11.8 Å². The minimum atomic E-state index is -0.366. The summed E-state index contributed by atoms with van der Waals surface area (Å²) in [4.78, 5) is 29.6. The number of anilines is 2. The lowest BCUT2D eigenvalue weighted by Crippen LogP contribution is -2.36. The standard InChI is InChI=1S/C39H41Br4ClN6O7/c1-24-6-10-28(11-7-24)49(22-32(51)47-45-20-25-18-30(40)38(55)34(42)36(25)53)14-2-4-16-57-17-5-3-15-50(29-12-8-27(44)9-13-29)23-33(52)48-46-21-26-19-31(41)39(56)35(43)37(26)54/h6-13,18-21,53-56H,2-5,14-17,22-23H2,1H3,(H,47,51)(H,48,52)/b45-20+,46-21+. The van der Waals surface area contributed by atoms with Crippen molar-refractivity contribution in [3.63, 3.8) is 0 Å². The maximum Gasteiger partial charge on any atom is 0.259 e. The van der Waals surface area contributed by atoms with Gasteiger partial charge in [-0.15, -0.1) is 0 Å². The average molecular weight is 1060 g/mol. The zero-order valence-electron chi connectivity index (χ0n) is 30.7. The Morgan fingerprint density at radius 1 is 0.667 bits per heavy atom. The molecule has 13 nitrogen and oxygen atoms in total. The van der Waals surface area contributed by atoms with Gasteiger partial charge in [0, 0.05) is 53.8 Å². The first-order chi connectivity index (χ1) is 27.2. The minimum absolute atomic E-state index is 0.0224. The van der Waals surface area contributed by atoms with Gasteiger partial charge in [-0.25, -0.2) is 10.9 Å². The molecule has 0 aromatic heterocycles. The van der Waals surface area contributed by atoms with E-state index >= 15 is 0 Å². The van der Waals surface area contributed by atoms with E-state index in [0.717, 1.165) is 42.6 Å². The van der Waals surface area contributed by atoms with Crippen LogP contribution in [0.4, 0.5) is 11.4 Å². The molecule has 0 aliphatic carbocycles. The number of hydrazone groups is 2. The highest BCUT2D eigenvalue weighted by Crippen LogP contribution is 2.41. The molecule has 0 aliphatic heterocycles. The summed E-state index contributed by atoms with van der Waals surface area (Å²) in [6.07, 6.45) is 5.65. The maximum absolute atomic E-state index is 12.9. The number of carbonyl (C=O) groups is 2. The number of hydrogen-bond acceptors (Lipinski definition) is 11. The van der Waals surface area contributed by atoms with Gasteiger partial charge in [-0.1, -0.05) is 29.3 Å². The van der Waals surface area contributed by atoms with Crippen LogP contribution in [0.25, 0.3) is 0 Å². The number of hydrogen-bond donors (Lipinski definition) is 6. The van der Waals surface area contributed by atoms with E-state index in [9.17, 15) is 30.0 Å². The van der Waals surface area contributed by atoms with Crippen molar-refractivity contribution in [2.24, 2.45) is 10.2 Å². The Labute approximate surface area is 369 Å². The van der Waals surface area contributed by atoms with Crippen molar-refractivity contribution in [3.05, 3.63) is 100 Å². The zero-order valence-corrected chi connectivity index (χ0v) is 37.8. The van der Waals surface area contributed by atoms with Gasteiger partial charge < -0.3 is 35.0 Å². The summed E-state index contributed by atoms with van der Waals surface area (Å²) < 4.78 is 6.84. The molecule has 18 heteroatoms. The molecule has 0 unspecified atom stereocenters.